The van der Waals surface area contributed by atoms with E-state index in [1.165, 1.54) is 0 Å². The molecule has 1 saturated heterocycles. The first-order valence-corrected chi connectivity index (χ1v) is 11.5. The number of nitrogens with zero attached hydrogens (tertiary/aromatic N) is 3. The number of hydrogen-bond acceptors (Lipinski definition) is 5. The van der Waals surface area contributed by atoms with Crippen LogP contribution >= 0.6 is 0 Å². The third-order valence-corrected chi connectivity index (χ3v) is 7.06. The Morgan fingerprint density at radius 2 is 1.93 bits per heavy atom. The molecule has 3 rings (SSSR count). The quantitative estimate of drug-likeness (QED) is 0.741. The summed E-state index contributed by atoms with van der Waals surface area (Å²) >= 11 is 0. The monoisotopic (exact) mass is 403 g/mol. The van der Waals surface area contributed by atoms with Gasteiger partial charge in [-0.25, -0.2) is 8.42 Å². The molecule has 0 N–H and O–H groups in total. The molecular formula is C21H29N3O3S. The van der Waals surface area contributed by atoms with Crippen molar-refractivity contribution in [3.63, 3.8) is 0 Å². The molecule has 1 aromatic heterocycles. The van der Waals surface area contributed by atoms with Gasteiger partial charge in [0, 0.05) is 18.0 Å². The van der Waals surface area contributed by atoms with Gasteiger partial charge in [-0.15, -0.1) is 0 Å². The number of rotatable bonds is 6. The van der Waals surface area contributed by atoms with Crippen LogP contribution in [0.2, 0.25) is 0 Å². The van der Waals surface area contributed by atoms with Crippen molar-refractivity contribution in [2.75, 3.05) is 38.7 Å². The van der Waals surface area contributed by atoms with Gasteiger partial charge in [-0.2, -0.15) is 0 Å². The highest BCUT2D eigenvalue weighted by atomic mass is 32.2. The lowest BCUT2D eigenvalue weighted by Crippen LogP contribution is -2.42. The second kappa shape index (κ2) is 8.17. The summed E-state index contributed by atoms with van der Waals surface area (Å²) in [6.45, 7) is 5.24. The van der Waals surface area contributed by atoms with Crippen LogP contribution in [0.15, 0.2) is 24.3 Å². The Bertz CT molecular complexity index is 986. The van der Waals surface area contributed by atoms with Crippen LogP contribution in [-0.2, 0) is 9.84 Å². The first kappa shape index (κ1) is 20.7. The van der Waals surface area contributed by atoms with Crippen molar-refractivity contribution in [1.29, 1.82) is 0 Å². The van der Waals surface area contributed by atoms with E-state index in [4.69, 9.17) is 0 Å². The molecule has 2 aromatic rings. The topological polar surface area (TPSA) is 70.6 Å². The van der Waals surface area contributed by atoms with Gasteiger partial charge in [0.15, 0.2) is 9.84 Å². The van der Waals surface area contributed by atoms with Gasteiger partial charge in [-0.3, -0.25) is 9.78 Å². The highest BCUT2D eigenvalue weighted by Crippen LogP contribution is 2.24. The SMILES string of the molecule is Cc1ccc2nc(C)c(C(=O)N(CCCN(C)C)C3CCS(=O)(=O)C3)cc2c1. The summed E-state index contributed by atoms with van der Waals surface area (Å²) in [6, 6.07) is 7.63. The molecule has 28 heavy (non-hydrogen) atoms. The number of sulfone groups is 1. The maximum Gasteiger partial charge on any atom is 0.255 e. The molecule has 0 radical (unpaired) electrons. The Morgan fingerprint density at radius 3 is 2.57 bits per heavy atom. The van der Waals surface area contributed by atoms with Gasteiger partial charge in [0.25, 0.3) is 5.91 Å². The van der Waals surface area contributed by atoms with Crippen LogP contribution in [0.5, 0.6) is 0 Å². The highest BCUT2D eigenvalue weighted by molar-refractivity contribution is 7.91. The molecule has 2 heterocycles. The molecular weight excluding hydrogens is 374 g/mol. The maximum absolute atomic E-state index is 13.4. The van der Waals surface area contributed by atoms with Gasteiger partial charge in [0.05, 0.1) is 28.3 Å². The summed E-state index contributed by atoms with van der Waals surface area (Å²) in [5.74, 6) is 0.0950. The number of aryl methyl sites for hydroxylation is 2. The molecule has 0 bridgehead atoms. The van der Waals surface area contributed by atoms with Crippen molar-refractivity contribution in [1.82, 2.24) is 14.8 Å². The smallest absolute Gasteiger partial charge is 0.255 e. The predicted molar refractivity (Wildman–Crippen MR) is 112 cm³/mol. The predicted octanol–water partition coefficient (Wildman–Crippen LogP) is 2.43. The zero-order chi connectivity index (χ0) is 20.5. The Kier molecular flexibility index (Phi) is 6.05. The molecule has 0 saturated carbocycles. The average molecular weight is 404 g/mol. The van der Waals surface area contributed by atoms with Crippen molar-refractivity contribution < 1.29 is 13.2 Å². The third-order valence-electron chi connectivity index (χ3n) is 5.31. The number of aromatic nitrogens is 1. The fraction of sp³-hybridized carbons (Fsp3) is 0.524. The van der Waals surface area contributed by atoms with E-state index in [0.717, 1.165) is 29.4 Å². The molecule has 1 atom stereocenters. The minimum atomic E-state index is -3.07. The number of carbonyl (C=O) groups is 1. The summed E-state index contributed by atoms with van der Waals surface area (Å²) in [5, 5.41) is 0.932. The van der Waals surface area contributed by atoms with Gasteiger partial charge in [-0.1, -0.05) is 11.6 Å². The first-order valence-electron chi connectivity index (χ1n) is 9.70. The fourth-order valence-corrected chi connectivity index (χ4v) is 5.52. The number of carbonyl (C=O) groups excluding carboxylic acids is 1. The van der Waals surface area contributed by atoms with E-state index in [9.17, 15) is 13.2 Å². The Balaban J connectivity index is 1.93. The van der Waals surface area contributed by atoms with Crippen molar-refractivity contribution in [2.24, 2.45) is 0 Å². The second-order valence-corrected chi connectivity index (χ2v) is 10.3. The van der Waals surface area contributed by atoms with Crippen LogP contribution in [0.1, 0.15) is 34.5 Å². The molecule has 1 aliphatic rings. The summed E-state index contributed by atoms with van der Waals surface area (Å²) in [7, 11) is 0.916. The molecule has 1 aliphatic heterocycles. The van der Waals surface area contributed by atoms with Crippen LogP contribution in [0, 0.1) is 13.8 Å². The van der Waals surface area contributed by atoms with E-state index in [1.807, 2.05) is 52.2 Å². The van der Waals surface area contributed by atoms with Crippen LogP contribution in [0.3, 0.4) is 0 Å². The summed E-state index contributed by atoms with van der Waals surface area (Å²) in [6.07, 6.45) is 1.31. The highest BCUT2D eigenvalue weighted by Gasteiger charge is 2.35. The van der Waals surface area contributed by atoms with Gasteiger partial charge in [-0.05, 0) is 65.5 Å². The van der Waals surface area contributed by atoms with E-state index >= 15 is 0 Å². The lowest BCUT2D eigenvalue weighted by Gasteiger charge is -2.29. The number of amides is 1. The fourth-order valence-electron chi connectivity index (χ4n) is 3.79. The van der Waals surface area contributed by atoms with E-state index in [0.29, 0.717) is 24.2 Å². The minimum absolute atomic E-state index is 0.0554. The summed E-state index contributed by atoms with van der Waals surface area (Å²) < 4.78 is 24.0. The van der Waals surface area contributed by atoms with Crippen molar-refractivity contribution in [3.05, 3.63) is 41.1 Å². The van der Waals surface area contributed by atoms with Gasteiger partial charge >= 0.3 is 0 Å². The average Bonchev–Trinajstić information content (AvgIpc) is 2.97. The lowest BCUT2D eigenvalue weighted by atomic mass is 10.1. The molecule has 152 valence electrons. The van der Waals surface area contributed by atoms with Crippen LogP contribution in [0.25, 0.3) is 10.9 Å². The van der Waals surface area contributed by atoms with Crippen LogP contribution < -0.4 is 0 Å². The number of fused-ring (bicyclic) bond motifs is 1. The van der Waals surface area contributed by atoms with Crippen LogP contribution in [-0.4, -0.2) is 73.8 Å². The molecule has 7 heteroatoms. The standard InChI is InChI=1S/C21H29N3O3S/c1-15-6-7-20-17(12-15)13-19(16(2)22-20)21(25)24(10-5-9-23(3)4)18-8-11-28(26,27)14-18/h6-7,12-13,18H,5,8-11,14H2,1-4H3. The Hall–Kier alpha value is -1.99. The number of hydrogen-bond donors (Lipinski definition) is 0. The zero-order valence-electron chi connectivity index (χ0n) is 17.1. The van der Waals surface area contributed by atoms with Crippen LogP contribution in [0.4, 0.5) is 0 Å². The van der Waals surface area contributed by atoms with E-state index < -0.39 is 9.84 Å². The molecule has 1 unspecified atom stereocenters. The summed E-state index contributed by atoms with van der Waals surface area (Å²) in [5.41, 5.74) is 3.22. The number of benzene rings is 1. The Morgan fingerprint density at radius 1 is 1.18 bits per heavy atom. The van der Waals surface area contributed by atoms with E-state index in [2.05, 4.69) is 9.88 Å². The van der Waals surface area contributed by atoms with Gasteiger partial charge in [0.2, 0.25) is 0 Å². The molecule has 1 aromatic carbocycles. The molecule has 1 amide bonds. The largest absolute Gasteiger partial charge is 0.335 e. The van der Waals surface area contributed by atoms with Crippen molar-refractivity contribution in [2.45, 2.75) is 32.7 Å². The first-order chi connectivity index (χ1) is 13.2. The molecule has 0 spiro atoms. The normalized spacial score (nSPS) is 18.7. The molecule has 1 fully saturated rings. The van der Waals surface area contributed by atoms with Gasteiger partial charge < -0.3 is 9.80 Å². The lowest BCUT2D eigenvalue weighted by molar-refractivity contribution is 0.0689. The summed E-state index contributed by atoms with van der Waals surface area (Å²) in [4.78, 5) is 21.9. The Labute approximate surface area is 167 Å². The molecule has 6 nitrogen and oxygen atoms in total. The van der Waals surface area contributed by atoms with Crippen molar-refractivity contribution >= 4 is 26.6 Å². The van der Waals surface area contributed by atoms with Crippen molar-refractivity contribution in [3.8, 4) is 0 Å². The van der Waals surface area contributed by atoms with E-state index in [1.54, 1.807) is 4.90 Å². The molecule has 0 aliphatic carbocycles. The maximum atomic E-state index is 13.4. The van der Waals surface area contributed by atoms with Gasteiger partial charge in [0.1, 0.15) is 0 Å². The second-order valence-electron chi connectivity index (χ2n) is 8.03. The third kappa shape index (κ3) is 4.70. The van der Waals surface area contributed by atoms with E-state index in [-0.39, 0.29) is 23.5 Å². The number of pyridine rings is 1. The minimum Gasteiger partial charge on any atom is -0.335 e. The zero-order valence-corrected chi connectivity index (χ0v) is 17.9.